The number of furan rings is 1. The standard InChI is InChI=1S/C17H19F3N4O2/c18-17(19,20)13-2-1-12(26-13)10-24-6-4-16(5-7-24)14-11(3-8-25-16)9-22-15(21)23-14/h1-2,9H,3-8,10H2,(H2,21,22,23). The highest BCUT2D eigenvalue weighted by molar-refractivity contribution is 5.32. The number of alkyl halides is 3. The van der Waals surface area contributed by atoms with Crippen LogP contribution in [0.15, 0.2) is 22.7 Å². The molecule has 0 radical (unpaired) electrons. The SMILES string of the molecule is Nc1ncc2c(n1)C1(CCN(Cc3ccc(C(F)(F)F)o3)CC1)OCC2. The first-order valence-electron chi connectivity index (χ1n) is 8.50. The van der Waals surface area contributed by atoms with Crippen molar-refractivity contribution in [2.75, 3.05) is 25.4 Å². The highest BCUT2D eigenvalue weighted by atomic mass is 19.4. The van der Waals surface area contributed by atoms with Crippen LogP contribution in [0.5, 0.6) is 0 Å². The van der Waals surface area contributed by atoms with E-state index < -0.39 is 17.5 Å². The van der Waals surface area contributed by atoms with Gasteiger partial charge in [-0.05, 0) is 37.0 Å². The Morgan fingerprint density at radius 2 is 2.00 bits per heavy atom. The largest absolute Gasteiger partial charge is 0.455 e. The highest BCUT2D eigenvalue weighted by Crippen LogP contribution is 2.41. The summed E-state index contributed by atoms with van der Waals surface area (Å²) in [6.07, 6.45) is -0.542. The first-order valence-corrected chi connectivity index (χ1v) is 8.50. The van der Waals surface area contributed by atoms with Gasteiger partial charge in [0.25, 0.3) is 0 Å². The van der Waals surface area contributed by atoms with Gasteiger partial charge in [-0.15, -0.1) is 0 Å². The van der Waals surface area contributed by atoms with Crippen molar-refractivity contribution in [1.82, 2.24) is 14.9 Å². The van der Waals surface area contributed by atoms with Gasteiger partial charge in [-0.2, -0.15) is 13.2 Å². The van der Waals surface area contributed by atoms with Gasteiger partial charge < -0.3 is 14.9 Å². The van der Waals surface area contributed by atoms with E-state index in [1.165, 1.54) is 6.07 Å². The molecule has 6 nitrogen and oxygen atoms in total. The number of ether oxygens (including phenoxy) is 1. The summed E-state index contributed by atoms with van der Waals surface area (Å²) in [5.74, 6) is -0.422. The van der Waals surface area contributed by atoms with Crippen molar-refractivity contribution in [2.45, 2.75) is 37.6 Å². The average Bonchev–Trinajstić information content (AvgIpc) is 3.07. The molecule has 2 aliphatic rings. The normalized spacial score (nSPS) is 20.3. The lowest BCUT2D eigenvalue weighted by Crippen LogP contribution is -2.47. The molecule has 4 rings (SSSR count). The summed E-state index contributed by atoms with van der Waals surface area (Å²) in [6.45, 7) is 2.29. The number of hydrogen-bond donors (Lipinski definition) is 1. The third-order valence-corrected chi connectivity index (χ3v) is 5.05. The van der Waals surface area contributed by atoms with Crippen LogP contribution < -0.4 is 5.73 Å². The molecule has 1 fully saturated rings. The van der Waals surface area contributed by atoms with Gasteiger partial charge in [-0.1, -0.05) is 0 Å². The van der Waals surface area contributed by atoms with Crippen LogP contribution in [0.3, 0.4) is 0 Å². The predicted octanol–water partition coefficient (Wildman–Crippen LogP) is 2.73. The maximum absolute atomic E-state index is 12.6. The molecule has 1 saturated heterocycles. The molecule has 2 aliphatic heterocycles. The molecule has 0 saturated carbocycles. The Hall–Kier alpha value is -2.13. The van der Waals surface area contributed by atoms with Crippen molar-refractivity contribution in [3.05, 3.63) is 41.1 Å². The Morgan fingerprint density at radius 3 is 2.69 bits per heavy atom. The monoisotopic (exact) mass is 368 g/mol. The van der Waals surface area contributed by atoms with Crippen LogP contribution in [-0.2, 0) is 29.5 Å². The van der Waals surface area contributed by atoms with Crippen molar-refractivity contribution < 1.29 is 22.3 Å². The van der Waals surface area contributed by atoms with E-state index in [-0.39, 0.29) is 5.95 Å². The number of likely N-dealkylation sites (tertiary alicyclic amines) is 1. The zero-order valence-corrected chi connectivity index (χ0v) is 14.1. The Morgan fingerprint density at radius 1 is 1.23 bits per heavy atom. The second-order valence-electron chi connectivity index (χ2n) is 6.73. The minimum atomic E-state index is -4.45. The topological polar surface area (TPSA) is 77.4 Å². The zero-order chi connectivity index (χ0) is 18.4. The van der Waals surface area contributed by atoms with Crippen LogP contribution in [0.25, 0.3) is 0 Å². The summed E-state index contributed by atoms with van der Waals surface area (Å²) in [6, 6.07) is 2.36. The van der Waals surface area contributed by atoms with E-state index in [1.807, 2.05) is 0 Å². The average molecular weight is 368 g/mol. The van der Waals surface area contributed by atoms with Gasteiger partial charge >= 0.3 is 6.18 Å². The molecule has 26 heavy (non-hydrogen) atoms. The first-order chi connectivity index (χ1) is 12.4. The minimum Gasteiger partial charge on any atom is -0.455 e. The summed E-state index contributed by atoms with van der Waals surface area (Å²) < 4.78 is 49.0. The third kappa shape index (κ3) is 3.16. The quantitative estimate of drug-likeness (QED) is 0.878. The van der Waals surface area contributed by atoms with Gasteiger partial charge in [0.15, 0.2) is 0 Å². The Kier molecular flexibility index (Phi) is 4.15. The molecule has 1 spiro atoms. The van der Waals surface area contributed by atoms with Crippen LogP contribution in [0.2, 0.25) is 0 Å². The number of nitrogens with two attached hydrogens (primary N) is 1. The number of fused-ring (bicyclic) bond motifs is 2. The van der Waals surface area contributed by atoms with E-state index in [2.05, 4.69) is 14.9 Å². The number of anilines is 1. The number of piperidine rings is 1. The second kappa shape index (κ2) is 6.24. The summed E-state index contributed by atoms with van der Waals surface area (Å²) in [5, 5.41) is 0. The summed E-state index contributed by atoms with van der Waals surface area (Å²) in [4.78, 5) is 10.5. The van der Waals surface area contributed by atoms with Crippen LogP contribution in [0.1, 0.15) is 35.6 Å². The fourth-order valence-electron chi connectivity index (χ4n) is 3.71. The fourth-order valence-corrected chi connectivity index (χ4v) is 3.71. The third-order valence-electron chi connectivity index (χ3n) is 5.05. The van der Waals surface area contributed by atoms with Gasteiger partial charge in [-0.3, -0.25) is 4.90 Å². The number of nitrogen functional groups attached to an aromatic ring is 1. The summed E-state index contributed by atoms with van der Waals surface area (Å²) in [7, 11) is 0. The predicted molar refractivity (Wildman–Crippen MR) is 86.0 cm³/mol. The first kappa shape index (κ1) is 17.3. The molecule has 0 atom stereocenters. The van der Waals surface area contributed by atoms with Crippen LogP contribution >= 0.6 is 0 Å². The molecule has 0 bridgehead atoms. The van der Waals surface area contributed by atoms with Gasteiger partial charge in [0.1, 0.15) is 11.4 Å². The van der Waals surface area contributed by atoms with Crippen molar-refractivity contribution in [2.24, 2.45) is 0 Å². The molecule has 2 aromatic heterocycles. The maximum atomic E-state index is 12.6. The van der Waals surface area contributed by atoms with E-state index in [0.29, 0.717) is 44.8 Å². The van der Waals surface area contributed by atoms with Crippen molar-refractivity contribution in [3.63, 3.8) is 0 Å². The van der Waals surface area contributed by atoms with E-state index in [9.17, 15) is 13.2 Å². The van der Waals surface area contributed by atoms with Crippen LogP contribution in [0.4, 0.5) is 19.1 Å². The lowest BCUT2D eigenvalue weighted by Gasteiger charge is -2.43. The van der Waals surface area contributed by atoms with Crippen molar-refractivity contribution in [1.29, 1.82) is 0 Å². The van der Waals surface area contributed by atoms with Gasteiger partial charge in [0, 0.05) is 19.3 Å². The van der Waals surface area contributed by atoms with E-state index in [1.54, 1.807) is 6.20 Å². The molecule has 9 heteroatoms. The second-order valence-corrected chi connectivity index (χ2v) is 6.73. The van der Waals surface area contributed by atoms with Gasteiger partial charge in [0.05, 0.1) is 18.8 Å². The fraction of sp³-hybridized carbons (Fsp3) is 0.529. The van der Waals surface area contributed by atoms with E-state index >= 15 is 0 Å². The highest BCUT2D eigenvalue weighted by Gasteiger charge is 2.42. The lowest BCUT2D eigenvalue weighted by atomic mass is 9.83. The number of rotatable bonds is 2. The minimum absolute atomic E-state index is 0.228. The number of aromatic nitrogens is 2. The molecular formula is C17H19F3N4O2. The maximum Gasteiger partial charge on any atom is 0.449 e. The smallest absolute Gasteiger partial charge is 0.449 e. The Labute approximate surface area is 148 Å². The zero-order valence-electron chi connectivity index (χ0n) is 14.1. The lowest BCUT2D eigenvalue weighted by molar-refractivity contribution is -0.153. The molecule has 0 aliphatic carbocycles. The molecule has 4 heterocycles. The number of halogens is 3. The van der Waals surface area contributed by atoms with Crippen LogP contribution in [-0.4, -0.2) is 34.6 Å². The van der Waals surface area contributed by atoms with Gasteiger partial charge in [0.2, 0.25) is 11.7 Å². The molecule has 0 amide bonds. The van der Waals surface area contributed by atoms with E-state index in [4.69, 9.17) is 14.9 Å². The van der Waals surface area contributed by atoms with Gasteiger partial charge in [-0.25, -0.2) is 9.97 Å². The molecule has 2 N–H and O–H groups in total. The van der Waals surface area contributed by atoms with Crippen LogP contribution in [0, 0.1) is 0 Å². The van der Waals surface area contributed by atoms with Crippen molar-refractivity contribution >= 4 is 5.95 Å². The number of hydrogen-bond acceptors (Lipinski definition) is 6. The summed E-state index contributed by atoms with van der Waals surface area (Å²) >= 11 is 0. The van der Waals surface area contributed by atoms with Crippen molar-refractivity contribution in [3.8, 4) is 0 Å². The molecule has 0 unspecified atom stereocenters. The Balaban J connectivity index is 1.45. The summed E-state index contributed by atoms with van der Waals surface area (Å²) in [5.41, 5.74) is 7.17. The molecule has 140 valence electrons. The number of nitrogens with zero attached hydrogens (tertiary/aromatic N) is 3. The molecular weight excluding hydrogens is 349 g/mol. The molecule has 0 aromatic carbocycles. The van der Waals surface area contributed by atoms with E-state index in [0.717, 1.165) is 23.7 Å². The molecule has 2 aromatic rings. The Bertz CT molecular complexity index is 798.